The molecule has 1 atom stereocenters. The predicted molar refractivity (Wildman–Crippen MR) is 62.4 cm³/mol. The van der Waals surface area contributed by atoms with Crippen LogP contribution in [0.2, 0.25) is 0 Å². The average molecular weight is 191 g/mol. The number of benzene rings is 1. The highest BCUT2D eigenvalue weighted by Crippen LogP contribution is 2.19. The van der Waals surface area contributed by atoms with Crippen molar-refractivity contribution in [3.05, 3.63) is 34.9 Å². The van der Waals surface area contributed by atoms with Crippen LogP contribution in [0.5, 0.6) is 0 Å². The number of aryl methyl sites for hydroxylation is 2. The molecule has 0 spiro atoms. The maximum absolute atomic E-state index is 6.12. The van der Waals surface area contributed by atoms with Gasteiger partial charge in [0.1, 0.15) is 0 Å². The molecule has 1 unspecified atom stereocenters. The van der Waals surface area contributed by atoms with Gasteiger partial charge in [0.05, 0.1) is 0 Å². The van der Waals surface area contributed by atoms with Crippen molar-refractivity contribution in [3.8, 4) is 0 Å². The average Bonchev–Trinajstić information content (AvgIpc) is 2.12. The lowest BCUT2D eigenvalue weighted by atomic mass is 9.98. The normalized spacial score (nSPS) is 12.9. The third kappa shape index (κ3) is 3.15. The number of hydrogen-bond donors (Lipinski definition) is 1. The zero-order valence-corrected chi connectivity index (χ0v) is 9.51. The zero-order chi connectivity index (χ0) is 10.6. The molecule has 78 valence electrons. The largest absolute Gasteiger partial charge is 0.324 e. The minimum absolute atomic E-state index is 0.216. The predicted octanol–water partition coefficient (Wildman–Crippen LogP) is 3.49. The Morgan fingerprint density at radius 1 is 1.14 bits per heavy atom. The topological polar surface area (TPSA) is 26.0 Å². The molecule has 1 aromatic rings. The lowest BCUT2D eigenvalue weighted by Gasteiger charge is -2.13. The van der Waals surface area contributed by atoms with Crippen LogP contribution in [0.15, 0.2) is 18.2 Å². The van der Waals surface area contributed by atoms with Gasteiger partial charge in [0, 0.05) is 6.04 Å². The second kappa shape index (κ2) is 5.16. The molecular weight excluding hydrogens is 170 g/mol. The Morgan fingerprint density at radius 3 is 2.21 bits per heavy atom. The number of hydrogen-bond acceptors (Lipinski definition) is 1. The van der Waals surface area contributed by atoms with Gasteiger partial charge in [-0.1, -0.05) is 49.1 Å². The standard InChI is InChI=1S/C13H21N/c1-4-5-6-13(14)12-8-10(2)7-11(3)9-12/h7-9,13H,4-6,14H2,1-3H3. The first-order chi connectivity index (χ1) is 6.63. The fourth-order valence-electron chi connectivity index (χ4n) is 1.81. The first kappa shape index (κ1) is 11.3. The maximum atomic E-state index is 6.12. The van der Waals surface area contributed by atoms with Crippen LogP contribution >= 0.6 is 0 Å². The summed E-state index contributed by atoms with van der Waals surface area (Å²) in [5.41, 5.74) is 10.0. The highest BCUT2D eigenvalue weighted by atomic mass is 14.6. The molecule has 0 saturated carbocycles. The van der Waals surface area contributed by atoms with E-state index in [-0.39, 0.29) is 6.04 Å². The molecule has 0 fully saturated rings. The number of nitrogens with two attached hydrogens (primary N) is 1. The van der Waals surface area contributed by atoms with Crippen molar-refractivity contribution < 1.29 is 0 Å². The summed E-state index contributed by atoms with van der Waals surface area (Å²) in [6, 6.07) is 6.81. The molecule has 1 rings (SSSR count). The summed E-state index contributed by atoms with van der Waals surface area (Å²) in [5.74, 6) is 0. The van der Waals surface area contributed by atoms with E-state index in [0.29, 0.717) is 0 Å². The summed E-state index contributed by atoms with van der Waals surface area (Å²) in [7, 11) is 0. The van der Waals surface area contributed by atoms with E-state index < -0.39 is 0 Å². The van der Waals surface area contributed by atoms with Crippen molar-refractivity contribution >= 4 is 0 Å². The molecule has 14 heavy (non-hydrogen) atoms. The molecule has 0 bridgehead atoms. The molecule has 2 N–H and O–H groups in total. The smallest absolute Gasteiger partial charge is 0.0295 e. The van der Waals surface area contributed by atoms with Crippen molar-refractivity contribution in [2.45, 2.75) is 46.1 Å². The van der Waals surface area contributed by atoms with Crippen LogP contribution in [-0.4, -0.2) is 0 Å². The Hall–Kier alpha value is -0.820. The van der Waals surface area contributed by atoms with E-state index in [1.807, 2.05) is 0 Å². The second-order valence-electron chi connectivity index (χ2n) is 4.17. The van der Waals surface area contributed by atoms with Crippen molar-refractivity contribution in [1.82, 2.24) is 0 Å². The monoisotopic (exact) mass is 191 g/mol. The van der Waals surface area contributed by atoms with Crippen molar-refractivity contribution in [3.63, 3.8) is 0 Å². The first-order valence-corrected chi connectivity index (χ1v) is 5.47. The van der Waals surface area contributed by atoms with Crippen molar-refractivity contribution in [2.75, 3.05) is 0 Å². The van der Waals surface area contributed by atoms with E-state index in [1.165, 1.54) is 29.5 Å². The summed E-state index contributed by atoms with van der Waals surface area (Å²) >= 11 is 0. The Bertz CT molecular complexity index is 271. The first-order valence-electron chi connectivity index (χ1n) is 5.47. The molecule has 1 aromatic carbocycles. The number of unbranched alkanes of at least 4 members (excludes halogenated alkanes) is 1. The van der Waals surface area contributed by atoms with Gasteiger partial charge in [0.25, 0.3) is 0 Å². The quantitative estimate of drug-likeness (QED) is 0.774. The van der Waals surface area contributed by atoms with Gasteiger partial charge in [-0.25, -0.2) is 0 Å². The fraction of sp³-hybridized carbons (Fsp3) is 0.538. The van der Waals surface area contributed by atoms with Crippen LogP contribution in [0, 0.1) is 13.8 Å². The Labute approximate surface area is 87.3 Å². The molecule has 0 saturated heterocycles. The minimum atomic E-state index is 0.216. The van der Waals surface area contributed by atoms with Gasteiger partial charge in [-0.05, 0) is 25.8 Å². The molecule has 1 heteroatoms. The van der Waals surface area contributed by atoms with Crippen LogP contribution in [0.4, 0.5) is 0 Å². The maximum Gasteiger partial charge on any atom is 0.0295 e. The van der Waals surface area contributed by atoms with Crippen LogP contribution in [0.25, 0.3) is 0 Å². The van der Waals surface area contributed by atoms with Gasteiger partial charge < -0.3 is 5.73 Å². The van der Waals surface area contributed by atoms with Crippen molar-refractivity contribution in [2.24, 2.45) is 5.73 Å². The molecule has 0 aliphatic rings. The zero-order valence-electron chi connectivity index (χ0n) is 9.51. The Balaban J connectivity index is 2.73. The van der Waals surface area contributed by atoms with E-state index in [2.05, 4.69) is 39.0 Å². The van der Waals surface area contributed by atoms with Crippen molar-refractivity contribution in [1.29, 1.82) is 0 Å². The van der Waals surface area contributed by atoms with E-state index in [9.17, 15) is 0 Å². The molecule has 0 aliphatic heterocycles. The van der Waals surface area contributed by atoms with Gasteiger partial charge in [-0.15, -0.1) is 0 Å². The van der Waals surface area contributed by atoms with E-state index in [4.69, 9.17) is 5.73 Å². The molecule has 0 amide bonds. The Kier molecular flexibility index (Phi) is 4.15. The van der Waals surface area contributed by atoms with Crippen LogP contribution in [0.1, 0.15) is 48.9 Å². The molecule has 0 heterocycles. The lowest BCUT2D eigenvalue weighted by Crippen LogP contribution is -2.10. The Morgan fingerprint density at radius 2 is 1.71 bits per heavy atom. The summed E-state index contributed by atoms with van der Waals surface area (Å²) in [6.45, 7) is 6.46. The van der Waals surface area contributed by atoms with E-state index >= 15 is 0 Å². The third-order valence-corrected chi connectivity index (χ3v) is 2.54. The van der Waals surface area contributed by atoms with E-state index in [0.717, 1.165) is 6.42 Å². The number of rotatable bonds is 4. The summed E-state index contributed by atoms with van der Waals surface area (Å²) in [4.78, 5) is 0. The molecule has 1 nitrogen and oxygen atoms in total. The highest BCUT2D eigenvalue weighted by molar-refractivity contribution is 5.30. The fourth-order valence-corrected chi connectivity index (χ4v) is 1.81. The van der Waals surface area contributed by atoms with Crippen LogP contribution in [0.3, 0.4) is 0 Å². The SMILES string of the molecule is CCCCC(N)c1cc(C)cc(C)c1. The lowest BCUT2D eigenvalue weighted by molar-refractivity contribution is 0.603. The summed E-state index contributed by atoms with van der Waals surface area (Å²) in [6.07, 6.45) is 3.53. The highest BCUT2D eigenvalue weighted by Gasteiger charge is 2.05. The third-order valence-electron chi connectivity index (χ3n) is 2.54. The molecule has 0 aromatic heterocycles. The van der Waals surface area contributed by atoms with Gasteiger partial charge in [0.15, 0.2) is 0 Å². The molecule has 0 radical (unpaired) electrons. The van der Waals surface area contributed by atoms with Gasteiger partial charge in [-0.2, -0.15) is 0 Å². The molecule has 0 aliphatic carbocycles. The van der Waals surface area contributed by atoms with Gasteiger partial charge in [-0.3, -0.25) is 0 Å². The molecular formula is C13H21N. The van der Waals surface area contributed by atoms with Crippen LogP contribution in [-0.2, 0) is 0 Å². The van der Waals surface area contributed by atoms with Crippen LogP contribution < -0.4 is 5.73 Å². The van der Waals surface area contributed by atoms with Gasteiger partial charge >= 0.3 is 0 Å². The van der Waals surface area contributed by atoms with E-state index in [1.54, 1.807) is 0 Å². The summed E-state index contributed by atoms with van der Waals surface area (Å²) < 4.78 is 0. The minimum Gasteiger partial charge on any atom is -0.324 e. The summed E-state index contributed by atoms with van der Waals surface area (Å²) in [5, 5.41) is 0. The van der Waals surface area contributed by atoms with Gasteiger partial charge in [0.2, 0.25) is 0 Å². The second-order valence-corrected chi connectivity index (χ2v) is 4.17.